The molecule has 3 rings (SSSR count). The van der Waals surface area contributed by atoms with E-state index in [-0.39, 0.29) is 23.6 Å². The van der Waals surface area contributed by atoms with E-state index >= 15 is 0 Å². The standard InChI is InChI=1S/C44H57ClN2O4/c1-4-5-6-7-8-9-10-11-12-13-14-15-16-17-18-19-20-21-41(48)46-34-35-22-30-39(31-23-35)47-43(50)44(2,3)51-40-32-26-37(27-33-40)42(49)36-24-28-38(45)29-25-36/h5-6,8-9,11-12,14-15,17-18,24-29,32-33,35,39H,4,7,10,13,16,19-23,30-31,34H2,1-3H3,(H,46,48)(H,47,50). The maximum absolute atomic E-state index is 13.1. The number of unbranched alkanes of at least 4 members (excludes halogenated alkanes) is 1. The molecule has 1 saturated carbocycles. The predicted molar refractivity (Wildman–Crippen MR) is 211 cm³/mol. The Hall–Kier alpha value is -4.16. The maximum Gasteiger partial charge on any atom is 0.263 e. The van der Waals surface area contributed by atoms with Crippen LogP contribution in [-0.4, -0.2) is 35.8 Å². The van der Waals surface area contributed by atoms with Gasteiger partial charge in [-0.2, -0.15) is 0 Å². The molecular weight excluding hydrogens is 656 g/mol. The van der Waals surface area contributed by atoms with E-state index < -0.39 is 5.60 Å². The molecule has 0 spiro atoms. The molecule has 1 fully saturated rings. The summed E-state index contributed by atoms with van der Waals surface area (Å²) in [6.45, 7) is 6.33. The van der Waals surface area contributed by atoms with Crippen LogP contribution in [0.25, 0.3) is 0 Å². The van der Waals surface area contributed by atoms with E-state index in [2.05, 4.69) is 78.3 Å². The molecular formula is C44H57ClN2O4. The fraction of sp³-hybridized carbons (Fsp3) is 0.432. The molecule has 0 aliphatic heterocycles. The van der Waals surface area contributed by atoms with Crippen LogP contribution in [0.4, 0.5) is 0 Å². The number of allylic oxidation sites excluding steroid dienone is 10. The first-order chi connectivity index (χ1) is 24.7. The van der Waals surface area contributed by atoms with Crippen LogP contribution >= 0.6 is 11.6 Å². The minimum Gasteiger partial charge on any atom is -0.478 e. The highest BCUT2D eigenvalue weighted by molar-refractivity contribution is 6.30. The van der Waals surface area contributed by atoms with Gasteiger partial charge in [0.15, 0.2) is 11.4 Å². The number of hydrogen-bond acceptors (Lipinski definition) is 4. The van der Waals surface area contributed by atoms with Crippen molar-refractivity contribution in [3.63, 3.8) is 0 Å². The van der Waals surface area contributed by atoms with Gasteiger partial charge in [-0.15, -0.1) is 0 Å². The number of ether oxygens (including phenoxy) is 1. The molecule has 2 N–H and O–H groups in total. The van der Waals surface area contributed by atoms with Crippen LogP contribution in [-0.2, 0) is 9.59 Å². The largest absolute Gasteiger partial charge is 0.478 e. The lowest BCUT2D eigenvalue weighted by Gasteiger charge is -2.32. The van der Waals surface area contributed by atoms with Crippen molar-refractivity contribution in [1.29, 1.82) is 0 Å². The van der Waals surface area contributed by atoms with E-state index in [1.54, 1.807) is 62.4 Å². The summed E-state index contributed by atoms with van der Waals surface area (Å²) in [5, 5.41) is 6.85. The summed E-state index contributed by atoms with van der Waals surface area (Å²) in [5.74, 6) is 0.765. The molecule has 7 heteroatoms. The Morgan fingerprint density at radius 1 is 0.745 bits per heavy atom. The van der Waals surface area contributed by atoms with Crippen molar-refractivity contribution in [3.05, 3.63) is 125 Å². The van der Waals surface area contributed by atoms with Crippen LogP contribution in [0.1, 0.15) is 114 Å². The monoisotopic (exact) mass is 712 g/mol. The third-order valence-electron chi connectivity index (χ3n) is 8.84. The van der Waals surface area contributed by atoms with Gasteiger partial charge in [0.25, 0.3) is 5.91 Å². The van der Waals surface area contributed by atoms with Gasteiger partial charge in [-0.25, -0.2) is 0 Å². The molecule has 0 atom stereocenters. The van der Waals surface area contributed by atoms with Gasteiger partial charge in [0.1, 0.15) is 5.75 Å². The van der Waals surface area contributed by atoms with Crippen LogP contribution in [0.3, 0.4) is 0 Å². The summed E-state index contributed by atoms with van der Waals surface area (Å²) in [7, 11) is 0. The van der Waals surface area contributed by atoms with E-state index in [0.717, 1.165) is 70.6 Å². The Balaban J connectivity index is 1.23. The zero-order valence-electron chi connectivity index (χ0n) is 30.8. The fourth-order valence-electron chi connectivity index (χ4n) is 5.75. The second-order valence-electron chi connectivity index (χ2n) is 13.6. The molecule has 0 heterocycles. The number of hydrogen-bond donors (Lipinski definition) is 2. The summed E-state index contributed by atoms with van der Waals surface area (Å²) in [6, 6.07) is 13.7. The lowest BCUT2D eigenvalue weighted by Crippen LogP contribution is -2.51. The quantitative estimate of drug-likeness (QED) is 0.0766. The van der Waals surface area contributed by atoms with Crippen molar-refractivity contribution in [2.75, 3.05) is 6.54 Å². The Morgan fingerprint density at radius 3 is 1.80 bits per heavy atom. The molecule has 274 valence electrons. The summed E-state index contributed by atoms with van der Waals surface area (Å²) in [4.78, 5) is 38.3. The van der Waals surface area contributed by atoms with Gasteiger partial charge < -0.3 is 15.4 Å². The van der Waals surface area contributed by atoms with Crippen LogP contribution in [0.15, 0.2) is 109 Å². The lowest BCUT2D eigenvalue weighted by molar-refractivity contribution is -0.135. The molecule has 0 unspecified atom stereocenters. The summed E-state index contributed by atoms with van der Waals surface area (Å²) < 4.78 is 6.04. The molecule has 1 aliphatic rings. The topological polar surface area (TPSA) is 84.5 Å². The van der Waals surface area contributed by atoms with Crippen molar-refractivity contribution in [2.24, 2.45) is 5.92 Å². The smallest absolute Gasteiger partial charge is 0.263 e. The second kappa shape index (κ2) is 23.3. The normalized spacial score (nSPS) is 16.9. The Morgan fingerprint density at radius 2 is 1.25 bits per heavy atom. The van der Waals surface area contributed by atoms with Gasteiger partial charge in [0.2, 0.25) is 5.91 Å². The first-order valence-corrected chi connectivity index (χ1v) is 19.0. The number of carbonyl (C=O) groups is 3. The highest BCUT2D eigenvalue weighted by Crippen LogP contribution is 2.26. The average molecular weight is 713 g/mol. The first kappa shape index (κ1) is 41.3. The molecule has 0 radical (unpaired) electrons. The van der Waals surface area contributed by atoms with Gasteiger partial charge in [-0.1, -0.05) is 79.3 Å². The number of ketones is 1. The molecule has 0 aromatic heterocycles. The molecule has 2 aromatic rings. The van der Waals surface area contributed by atoms with Crippen molar-refractivity contribution in [3.8, 4) is 5.75 Å². The van der Waals surface area contributed by atoms with E-state index in [1.165, 1.54) is 0 Å². The first-order valence-electron chi connectivity index (χ1n) is 18.6. The number of nitrogens with one attached hydrogen (secondary N) is 2. The maximum atomic E-state index is 13.1. The van der Waals surface area contributed by atoms with Crippen molar-refractivity contribution >= 4 is 29.2 Å². The minimum atomic E-state index is -1.08. The fourth-order valence-corrected chi connectivity index (χ4v) is 5.87. The van der Waals surface area contributed by atoms with Gasteiger partial charge >= 0.3 is 0 Å². The molecule has 2 amide bonds. The van der Waals surface area contributed by atoms with Crippen LogP contribution in [0, 0.1) is 5.92 Å². The number of rotatable bonds is 21. The second-order valence-corrected chi connectivity index (χ2v) is 14.0. The van der Waals surface area contributed by atoms with Crippen LogP contribution in [0.2, 0.25) is 5.02 Å². The highest BCUT2D eigenvalue weighted by Gasteiger charge is 2.33. The summed E-state index contributed by atoms with van der Waals surface area (Å²) in [6.07, 6.45) is 32.8. The Bertz CT molecular complexity index is 1490. The third-order valence-corrected chi connectivity index (χ3v) is 9.10. The Kier molecular flexibility index (Phi) is 18.9. The van der Waals surface area contributed by atoms with E-state index in [4.69, 9.17) is 16.3 Å². The highest BCUT2D eigenvalue weighted by atomic mass is 35.5. The van der Waals surface area contributed by atoms with Gasteiger partial charge in [0, 0.05) is 35.2 Å². The van der Waals surface area contributed by atoms with Gasteiger partial charge in [-0.3, -0.25) is 14.4 Å². The summed E-state index contributed by atoms with van der Waals surface area (Å²) >= 11 is 5.93. The molecule has 1 aliphatic carbocycles. The SMILES string of the molecule is CCC=CCC=CCC=CCC=CCC=CCCCC(=O)NCC1CCC(NC(=O)C(C)(C)Oc2ccc(C(=O)c3ccc(Cl)cc3)cc2)CC1. The number of halogens is 1. The lowest BCUT2D eigenvalue weighted by atomic mass is 9.85. The number of benzene rings is 2. The molecule has 2 aromatic carbocycles. The third kappa shape index (κ3) is 16.6. The average Bonchev–Trinajstić information content (AvgIpc) is 3.12. The number of carbonyl (C=O) groups excluding carboxylic acids is 3. The van der Waals surface area contributed by atoms with Crippen molar-refractivity contribution in [1.82, 2.24) is 10.6 Å². The molecule has 51 heavy (non-hydrogen) atoms. The Labute approximate surface area is 311 Å². The van der Waals surface area contributed by atoms with Crippen molar-refractivity contribution in [2.45, 2.75) is 109 Å². The predicted octanol–water partition coefficient (Wildman–Crippen LogP) is 10.4. The van der Waals surface area contributed by atoms with Gasteiger partial charge in [0.05, 0.1) is 0 Å². The zero-order valence-corrected chi connectivity index (χ0v) is 31.5. The molecule has 0 saturated heterocycles. The van der Waals surface area contributed by atoms with Gasteiger partial charge in [-0.05, 0) is 139 Å². The molecule has 0 bridgehead atoms. The zero-order chi connectivity index (χ0) is 36.7. The van der Waals surface area contributed by atoms with E-state index in [1.807, 2.05) is 0 Å². The van der Waals surface area contributed by atoms with E-state index in [0.29, 0.717) is 40.8 Å². The molecule has 6 nitrogen and oxygen atoms in total. The van der Waals surface area contributed by atoms with E-state index in [9.17, 15) is 14.4 Å². The summed E-state index contributed by atoms with van der Waals surface area (Å²) in [5.41, 5.74) is -0.00162. The van der Waals surface area contributed by atoms with Crippen LogP contribution in [0.5, 0.6) is 5.75 Å². The number of amides is 2. The van der Waals surface area contributed by atoms with Crippen molar-refractivity contribution < 1.29 is 19.1 Å². The minimum absolute atomic E-state index is 0.0789. The van der Waals surface area contributed by atoms with Crippen LogP contribution < -0.4 is 15.4 Å².